The van der Waals surface area contributed by atoms with Crippen molar-refractivity contribution in [3.8, 4) is 0 Å². The quantitative estimate of drug-likeness (QED) is 0.906. The monoisotopic (exact) mass is 313 g/mol. The Bertz CT molecular complexity index is 478. The molecule has 1 unspecified atom stereocenters. The van der Waals surface area contributed by atoms with Gasteiger partial charge in [-0.25, -0.2) is 9.78 Å². The molecule has 1 aromatic rings. The number of methoxy groups -OCH3 is 1. The third kappa shape index (κ3) is 4.15. The van der Waals surface area contributed by atoms with Crippen molar-refractivity contribution in [1.29, 1.82) is 0 Å². The molecule has 1 fully saturated rings. The molecule has 2 heterocycles. The van der Waals surface area contributed by atoms with Gasteiger partial charge in [0.25, 0.3) is 0 Å². The van der Waals surface area contributed by atoms with Gasteiger partial charge in [0.1, 0.15) is 0 Å². The van der Waals surface area contributed by atoms with Crippen LogP contribution in [0.25, 0.3) is 0 Å². The predicted octanol–water partition coefficient (Wildman–Crippen LogP) is 2.28. The number of carbonyl (C=O) groups is 1. The fourth-order valence-electron chi connectivity index (χ4n) is 2.39. The number of morpholine rings is 1. The summed E-state index contributed by atoms with van der Waals surface area (Å²) in [6.07, 6.45) is 1.66. The number of aryl methyl sites for hydroxylation is 2. The third-order valence-electron chi connectivity index (χ3n) is 3.59. The summed E-state index contributed by atoms with van der Waals surface area (Å²) in [6.45, 7) is 6.46. The summed E-state index contributed by atoms with van der Waals surface area (Å²) in [5.41, 5.74) is 1.05. The lowest BCUT2D eigenvalue weighted by Gasteiger charge is -2.35. The van der Waals surface area contributed by atoms with Crippen molar-refractivity contribution in [1.82, 2.24) is 9.88 Å². The van der Waals surface area contributed by atoms with Gasteiger partial charge in [-0.2, -0.15) is 0 Å². The second-order valence-corrected chi connectivity index (χ2v) is 6.21. The van der Waals surface area contributed by atoms with E-state index in [1.165, 1.54) is 11.3 Å². The van der Waals surface area contributed by atoms with Gasteiger partial charge >= 0.3 is 6.03 Å². The molecule has 1 aliphatic heterocycles. The van der Waals surface area contributed by atoms with Crippen molar-refractivity contribution in [3.05, 3.63) is 10.6 Å². The smallest absolute Gasteiger partial charge is 0.324 e. The lowest BCUT2D eigenvalue weighted by atomic mass is 10.2. The van der Waals surface area contributed by atoms with Gasteiger partial charge < -0.3 is 14.4 Å². The van der Waals surface area contributed by atoms with E-state index in [9.17, 15) is 4.79 Å². The molecule has 118 valence electrons. The summed E-state index contributed by atoms with van der Waals surface area (Å²) in [5.74, 6) is 0. The molecule has 1 aromatic heterocycles. The first-order valence-corrected chi connectivity index (χ1v) is 8.08. The first kappa shape index (κ1) is 16.2. The number of hydrogen-bond acceptors (Lipinski definition) is 5. The van der Waals surface area contributed by atoms with Gasteiger partial charge in [0.15, 0.2) is 5.13 Å². The van der Waals surface area contributed by atoms with E-state index in [1.807, 2.05) is 11.8 Å². The number of nitrogens with one attached hydrogen (secondary N) is 1. The number of rotatable bonds is 5. The van der Waals surface area contributed by atoms with Crippen molar-refractivity contribution in [2.45, 2.75) is 32.7 Å². The molecular weight excluding hydrogens is 290 g/mol. The zero-order valence-corrected chi connectivity index (χ0v) is 13.7. The summed E-state index contributed by atoms with van der Waals surface area (Å²) in [7, 11) is 1.67. The highest BCUT2D eigenvalue weighted by Crippen LogP contribution is 2.23. The number of thiazole rings is 1. The number of urea groups is 1. The molecule has 1 atom stereocenters. The van der Waals surface area contributed by atoms with Crippen LogP contribution in [0.5, 0.6) is 0 Å². The Balaban J connectivity index is 1.99. The predicted molar refractivity (Wildman–Crippen MR) is 83.1 cm³/mol. The molecule has 6 nitrogen and oxygen atoms in total. The van der Waals surface area contributed by atoms with Crippen LogP contribution in [0.3, 0.4) is 0 Å². The molecule has 2 rings (SSSR count). The molecular formula is C14H23N3O3S. The molecule has 0 spiro atoms. The highest BCUT2D eigenvalue weighted by Gasteiger charge is 2.27. The SMILES string of the molecule is CCc1nc(NC(=O)N2CCOCC2CCOC)sc1C. The lowest BCUT2D eigenvalue weighted by molar-refractivity contribution is 0.00449. The van der Waals surface area contributed by atoms with Crippen LogP contribution in [0.4, 0.5) is 9.93 Å². The number of ether oxygens (including phenoxy) is 2. The first-order valence-electron chi connectivity index (χ1n) is 7.26. The van der Waals surface area contributed by atoms with E-state index < -0.39 is 0 Å². The number of carbonyl (C=O) groups excluding carboxylic acids is 1. The molecule has 0 aliphatic carbocycles. The van der Waals surface area contributed by atoms with Crippen LogP contribution in [-0.2, 0) is 15.9 Å². The van der Waals surface area contributed by atoms with E-state index in [1.54, 1.807) is 7.11 Å². The van der Waals surface area contributed by atoms with Crippen LogP contribution in [0.15, 0.2) is 0 Å². The van der Waals surface area contributed by atoms with Crippen LogP contribution in [0.1, 0.15) is 23.9 Å². The molecule has 0 bridgehead atoms. The van der Waals surface area contributed by atoms with E-state index in [2.05, 4.69) is 17.2 Å². The van der Waals surface area contributed by atoms with Crippen LogP contribution in [0, 0.1) is 6.92 Å². The average Bonchev–Trinajstić information content (AvgIpc) is 2.85. The largest absolute Gasteiger partial charge is 0.385 e. The molecule has 2 amide bonds. The van der Waals surface area contributed by atoms with Gasteiger partial charge in [-0.3, -0.25) is 5.32 Å². The molecule has 1 saturated heterocycles. The van der Waals surface area contributed by atoms with E-state index in [0.29, 0.717) is 31.5 Å². The van der Waals surface area contributed by atoms with Gasteiger partial charge in [-0.05, 0) is 19.8 Å². The summed E-state index contributed by atoms with van der Waals surface area (Å²) in [5, 5.41) is 3.58. The second-order valence-electron chi connectivity index (χ2n) is 5.01. The maximum Gasteiger partial charge on any atom is 0.324 e. The number of hydrogen-bond donors (Lipinski definition) is 1. The molecule has 7 heteroatoms. The Morgan fingerprint density at radius 2 is 2.43 bits per heavy atom. The maximum absolute atomic E-state index is 12.4. The molecule has 1 aliphatic rings. The number of aromatic nitrogens is 1. The zero-order chi connectivity index (χ0) is 15.2. The topological polar surface area (TPSA) is 63.7 Å². The minimum Gasteiger partial charge on any atom is -0.385 e. The van der Waals surface area contributed by atoms with Crippen molar-refractivity contribution in [2.75, 3.05) is 38.8 Å². The fraction of sp³-hybridized carbons (Fsp3) is 0.714. The van der Waals surface area contributed by atoms with Gasteiger partial charge in [0, 0.05) is 25.1 Å². The summed E-state index contributed by atoms with van der Waals surface area (Å²) in [4.78, 5) is 19.9. The number of amides is 2. The second kappa shape index (κ2) is 7.72. The Labute approximate surface area is 129 Å². The Hall–Kier alpha value is -1.18. The Morgan fingerprint density at radius 3 is 3.10 bits per heavy atom. The van der Waals surface area contributed by atoms with E-state index in [0.717, 1.165) is 23.4 Å². The summed E-state index contributed by atoms with van der Waals surface area (Å²) < 4.78 is 10.6. The fourth-order valence-corrected chi connectivity index (χ4v) is 3.28. The Kier molecular flexibility index (Phi) is 5.96. The van der Waals surface area contributed by atoms with Gasteiger partial charge in [0.05, 0.1) is 24.9 Å². The van der Waals surface area contributed by atoms with E-state index in [4.69, 9.17) is 9.47 Å². The minimum atomic E-state index is -0.101. The first-order chi connectivity index (χ1) is 10.2. The third-order valence-corrected chi connectivity index (χ3v) is 4.51. The van der Waals surface area contributed by atoms with Crippen LogP contribution in [0.2, 0.25) is 0 Å². The standard InChI is InChI=1S/C14H23N3O3S/c1-4-12-10(2)21-13(15-12)16-14(18)17-6-8-20-9-11(17)5-7-19-3/h11H,4-9H2,1-3H3,(H,15,16,18). The lowest BCUT2D eigenvalue weighted by Crippen LogP contribution is -2.50. The maximum atomic E-state index is 12.4. The summed E-state index contributed by atoms with van der Waals surface area (Å²) >= 11 is 1.52. The van der Waals surface area contributed by atoms with Gasteiger partial charge in [-0.15, -0.1) is 11.3 Å². The van der Waals surface area contributed by atoms with E-state index in [-0.39, 0.29) is 12.1 Å². The van der Waals surface area contributed by atoms with Crippen LogP contribution < -0.4 is 5.32 Å². The Morgan fingerprint density at radius 1 is 1.62 bits per heavy atom. The van der Waals surface area contributed by atoms with Crippen LogP contribution in [-0.4, -0.2) is 55.4 Å². The van der Waals surface area contributed by atoms with Crippen molar-refractivity contribution in [3.63, 3.8) is 0 Å². The van der Waals surface area contributed by atoms with Crippen molar-refractivity contribution >= 4 is 22.5 Å². The van der Waals surface area contributed by atoms with Gasteiger partial charge in [-0.1, -0.05) is 6.92 Å². The molecule has 0 aromatic carbocycles. The van der Waals surface area contributed by atoms with Crippen molar-refractivity contribution in [2.24, 2.45) is 0 Å². The van der Waals surface area contributed by atoms with Crippen molar-refractivity contribution < 1.29 is 14.3 Å². The normalized spacial score (nSPS) is 18.8. The average molecular weight is 313 g/mol. The van der Waals surface area contributed by atoms with Gasteiger partial charge in [0.2, 0.25) is 0 Å². The minimum absolute atomic E-state index is 0.0606. The highest BCUT2D eigenvalue weighted by atomic mass is 32.1. The zero-order valence-electron chi connectivity index (χ0n) is 12.8. The molecule has 0 saturated carbocycles. The van der Waals surface area contributed by atoms with E-state index >= 15 is 0 Å². The highest BCUT2D eigenvalue weighted by molar-refractivity contribution is 7.15. The number of nitrogens with zero attached hydrogens (tertiary/aromatic N) is 2. The number of anilines is 1. The summed E-state index contributed by atoms with van der Waals surface area (Å²) in [6, 6.07) is -0.0405. The molecule has 21 heavy (non-hydrogen) atoms. The van der Waals surface area contributed by atoms with Crippen LogP contribution >= 0.6 is 11.3 Å². The molecule has 0 radical (unpaired) electrons. The molecule has 1 N–H and O–H groups in total.